The summed E-state index contributed by atoms with van der Waals surface area (Å²) in [7, 11) is 0. The Kier molecular flexibility index (Phi) is 5.52. The second kappa shape index (κ2) is 8.38. The number of benzene rings is 1. The molecule has 0 saturated carbocycles. The predicted molar refractivity (Wildman–Crippen MR) is 110 cm³/mol. The number of pyridine rings is 1. The molecule has 140 valence electrons. The molecule has 0 bridgehead atoms. The molecule has 2 heterocycles. The van der Waals surface area contributed by atoms with Gasteiger partial charge in [-0.3, -0.25) is 9.78 Å². The Morgan fingerprint density at radius 1 is 1.11 bits per heavy atom. The maximum atomic E-state index is 12.6. The third-order valence-corrected chi connectivity index (χ3v) is 5.51. The lowest BCUT2D eigenvalue weighted by atomic mass is 9.97. The van der Waals surface area contributed by atoms with Gasteiger partial charge in [-0.25, -0.2) is 0 Å². The van der Waals surface area contributed by atoms with E-state index in [1.807, 2.05) is 12.1 Å². The highest BCUT2D eigenvalue weighted by Crippen LogP contribution is 2.33. The molecule has 1 aliphatic carbocycles. The number of aryl methyl sites for hydroxylation is 1. The molecule has 0 fully saturated rings. The van der Waals surface area contributed by atoms with Crippen LogP contribution in [0.3, 0.4) is 0 Å². The minimum absolute atomic E-state index is 0.0847. The van der Waals surface area contributed by atoms with Crippen LogP contribution in [-0.4, -0.2) is 24.0 Å². The molecule has 1 N–H and O–H groups in total. The number of carbonyl (C=O) groups excluding carboxylic acids is 1. The first kappa shape index (κ1) is 17.8. The average Bonchev–Trinajstić information content (AvgIpc) is 2.74. The molecular formula is C23H27N3O. The summed E-state index contributed by atoms with van der Waals surface area (Å²) in [5.41, 5.74) is 5.62. The van der Waals surface area contributed by atoms with Crippen LogP contribution in [0.15, 0.2) is 54.2 Å². The summed E-state index contributed by atoms with van der Waals surface area (Å²) in [6, 6.07) is 12.4. The smallest absolute Gasteiger partial charge is 0.269 e. The Labute approximate surface area is 161 Å². The van der Waals surface area contributed by atoms with Crippen molar-refractivity contribution in [2.75, 3.05) is 18.0 Å². The summed E-state index contributed by atoms with van der Waals surface area (Å²) in [4.78, 5) is 19.2. The summed E-state index contributed by atoms with van der Waals surface area (Å²) in [5.74, 6) is -0.0847. The summed E-state index contributed by atoms with van der Waals surface area (Å²) in [6.45, 7) is 1.65. The molecule has 27 heavy (non-hydrogen) atoms. The SMILES string of the molecule is O=C(NCCC1=CCCCC1)c1cc(N2CCCc3ccccc32)ccn1. The third-order valence-electron chi connectivity index (χ3n) is 5.51. The van der Waals surface area contributed by atoms with Gasteiger partial charge in [-0.05, 0) is 68.7 Å². The lowest BCUT2D eigenvalue weighted by molar-refractivity contribution is 0.0949. The maximum Gasteiger partial charge on any atom is 0.269 e. The molecule has 0 saturated heterocycles. The Bertz CT molecular complexity index is 843. The van der Waals surface area contributed by atoms with Crippen LogP contribution in [0.5, 0.6) is 0 Å². The standard InChI is InChI=1S/C23H27N3O/c27-23(25-14-12-18-7-2-1-3-8-18)21-17-20(13-15-24-21)26-16-6-10-19-9-4-5-11-22(19)26/h4-5,7,9,11,13,15,17H,1-3,6,8,10,12,14,16H2,(H,25,27). The molecule has 1 amide bonds. The van der Waals surface area contributed by atoms with E-state index >= 15 is 0 Å². The van der Waals surface area contributed by atoms with E-state index in [0.29, 0.717) is 12.2 Å². The second-order valence-electron chi connectivity index (χ2n) is 7.40. The zero-order valence-electron chi connectivity index (χ0n) is 15.8. The molecular weight excluding hydrogens is 334 g/mol. The third kappa shape index (κ3) is 4.21. The minimum Gasteiger partial charge on any atom is -0.350 e. The number of para-hydroxylation sites is 1. The zero-order chi connectivity index (χ0) is 18.5. The van der Waals surface area contributed by atoms with Crippen molar-refractivity contribution in [3.05, 3.63) is 65.5 Å². The van der Waals surface area contributed by atoms with Gasteiger partial charge < -0.3 is 10.2 Å². The number of nitrogens with one attached hydrogen (secondary N) is 1. The van der Waals surface area contributed by atoms with E-state index in [-0.39, 0.29) is 5.91 Å². The number of allylic oxidation sites excluding steroid dienone is 1. The van der Waals surface area contributed by atoms with E-state index < -0.39 is 0 Å². The summed E-state index contributed by atoms with van der Waals surface area (Å²) < 4.78 is 0. The molecule has 0 radical (unpaired) electrons. The number of hydrogen-bond donors (Lipinski definition) is 1. The molecule has 4 rings (SSSR count). The average molecular weight is 361 g/mol. The van der Waals surface area contributed by atoms with Gasteiger partial charge in [0.05, 0.1) is 0 Å². The first-order chi connectivity index (χ1) is 13.3. The van der Waals surface area contributed by atoms with E-state index in [1.165, 1.54) is 42.5 Å². The van der Waals surface area contributed by atoms with E-state index in [4.69, 9.17) is 0 Å². The Morgan fingerprint density at radius 2 is 2.04 bits per heavy atom. The van der Waals surface area contributed by atoms with Crippen molar-refractivity contribution in [3.8, 4) is 0 Å². The van der Waals surface area contributed by atoms with Crippen molar-refractivity contribution >= 4 is 17.3 Å². The van der Waals surface area contributed by atoms with Crippen molar-refractivity contribution in [3.63, 3.8) is 0 Å². The lowest BCUT2D eigenvalue weighted by Gasteiger charge is -2.31. The highest BCUT2D eigenvalue weighted by molar-refractivity contribution is 5.93. The van der Waals surface area contributed by atoms with Crippen LogP contribution in [0, 0.1) is 0 Å². The fourth-order valence-corrected chi connectivity index (χ4v) is 4.07. The van der Waals surface area contributed by atoms with Crippen molar-refractivity contribution in [2.24, 2.45) is 0 Å². The van der Waals surface area contributed by atoms with Crippen LogP contribution in [0.25, 0.3) is 0 Å². The number of fused-ring (bicyclic) bond motifs is 1. The lowest BCUT2D eigenvalue weighted by Crippen LogP contribution is -2.27. The number of aromatic nitrogens is 1. The molecule has 2 aromatic rings. The molecule has 1 aromatic heterocycles. The van der Waals surface area contributed by atoms with E-state index in [2.05, 4.69) is 45.5 Å². The van der Waals surface area contributed by atoms with Crippen LogP contribution >= 0.6 is 0 Å². The van der Waals surface area contributed by atoms with Gasteiger partial charge in [-0.15, -0.1) is 0 Å². The Hall–Kier alpha value is -2.62. The summed E-state index contributed by atoms with van der Waals surface area (Å²) in [6.07, 6.45) is 12.2. The van der Waals surface area contributed by atoms with Gasteiger partial charge in [0, 0.05) is 30.7 Å². The van der Waals surface area contributed by atoms with Crippen molar-refractivity contribution in [2.45, 2.75) is 44.9 Å². The molecule has 2 aliphatic rings. The molecule has 1 aliphatic heterocycles. The van der Waals surface area contributed by atoms with Crippen LogP contribution in [0.4, 0.5) is 11.4 Å². The number of carbonyl (C=O) groups is 1. The summed E-state index contributed by atoms with van der Waals surface area (Å²) in [5, 5.41) is 3.03. The van der Waals surface area contributed by atoms with Crippen LogP contribution in [0.2, 0.25) is 0 Å². The monoisotopic (exact) mass is 361 g/mol. The second-order valence-corrected chi connectivity index (χ2v) is 7.40. The van der Waals surface area contributed by atoms with Gasteiger partial charge in [0.1, 0.15) is 5.69 Å². The Balaban J connectivity index is 1.43. The van der Waals surface area contributed by atoms with Crippen molar-refractivity contribution < 1.29 is 4.79 Å². The summed E-state index contributed by atoms with van der Waals surface area (Å²) >= 11 is 0. The largest absolute Gasteiger partial charge is 0.350 e. The highest BCUT2D eigenvalue weighted by atomic mass is 16.1. The normalized spacial score (nSPS) is 16.4. The number of amides is 1. The first-order valence-electron chi connectivity index (χ1n) is 10.1. The van der Waals surface area contributed by atoms with Gasteiger partial charge >= 0.3 is 0 Å². The fraction of sp³-hybridized carbons (Fsp3) is 0.391. The molecule has 0 atom stereocenters. The highest BCUT2D eigenvalue weighted by Gasteiger charge is 2.19. The number of anilines is 2. The number of rotatable bonds is 5. The van der Waals surface area contributed by atoms with E-state index in [9.17, 15) is 4.79 Å². The topological polar surface area (TPSA) is 45.2 Å². The van der Waals surface area contributed by atoms with E-state index in [0.717, 1.165) is 31.5 Å². The number of nitrogens with zero attached hydrogens (tertiary/aromatic N) is 2. The van der Waals surface area contributed by atoms with Crippen molar-refractivity contribution in [1.29, 1.82) is 0 Å². The van der Waals surface area contributed by atoms with Gasteiger partial charge in [-0.1, -0.05) is 29.8 Å². The molecule has 0 unspecified atom stereocenters. The fourth-order valence-electron chi connectivity index (χ4n) is 4.07. The van der Waals surface area contributed by atoms with Crippen molar-refractivity contribution in [1.82, 2.24) is 10.3 Å². The van der Waals surface area contributed by atoms with Crippen LogP contribution < -0.4 is 10.2 Å². The number of hydrogen-bond acceptors (Lipinski definition) is 3. The zero-order valence-corrected chi connectivity index (χ0v) is 15.8. The van der Waals surface area contributed by atoms with Gasteiger partial charge in [-0.2, -0.15) is 0 Å². The van der Waals surface area contributed by atoms with Gasteiger partial charge in [0.2, 0.25) is 0 Å². The first-order valence-corrected chi connectivity index (χ1v) is 10.1. The molecule has 4 heteroatoms. The van der Waals surface area contributed by atoms with E-state index in [1.54, 1.807) is 6.20 Å². The quantitative estimate of drug-likeness (QED) is 0.779. The minimum atomic E-state index is -0.0847. The van der Waals surface area contributed by atoms with Crippen LogP contribution in [-0.2, 0) is 6.42 Å². The van der Waals surface area contributed by atoms with Crippen LogP contribution in [0.1, 0.15) is 54.6 Å². The molecule has 4 nitrogen and oxygen atoms in total. The molecule has 0 spiro atoms. The maximum absolute atomic E-state index is 12.6. The van der Waals surface area contributed by atoms with Gasteiger partial charge in [0.15, 0.2) is 0 Å². The molecule has 1 aromatic carbocycles. The van der Waals surface area contributed by atoms with Gasteiger partial charge in [0.25, 0.3) is 5.91 Å². The predicted octanol–water partition coefficient (Wildman–Crippen LogP) is 4.79. The Morgan fingerprint density at radius 3 is 2.93 bits per heavy atom.